The Bertz CT molecular complexity index is 521. The second-order valence-corrected chi connectivity index (χ2v) is 4.27. The fraction of sp³-hybridized carbons (Fsp3) is 0.167. The third-order valence-corrected chi connectivity index (χ3v) is 2.85. The normalized spacial score (nSPS) is 12.4. The van der Waals surface area contributed by atoms with Crippen LogP contribution in [0, 0.1) is 5.82 Å². The molecule has 2 aromatic rings. The molecule has 0 aliphatic heterocycles. The maximum Gasteiger partial charge on any atom is 0.126 e. The molecule has 0 aliphatic rings. The summed E-state index contributed by atoms with van der Waals surface area (Å²) in [5.41, 5.74) is 3.91. The Labute approximate surface area is 109 Å². The molecule has 3 N–H and O–H groups in total. The van der Waals surface area contributed by atoms with Crippen LogP contribution in [0.2, 0.25) is 5.02 Å². The molecule has 94 valence electrons. The Hall–Kier alpha value is -1.56. The number of benzene rings is 1. The summed E-state index contributed by atoms with van der Waals surface area (Å²) in [6.45, 7) is 0. The van der Waals surface area contributed by atoms with Crippen molar-refractivity contribution in [3.63, 3.8) is 0 Å². The molecule has 18 heavy (non-hydrogen) atoms. The zero-order chi connectivity index (χ0) is 13.0. The van der Waals surface area contributed by atoms with Crippen molar-refractivity contribution in [2.45, 2.75) is 12.5 Å². The predicted molar refractivity (Wildman–Crippen MR) is 67.2 cm³/mol. The molecule has 0 fully saturated rings. The number of halogens is 2. The summed E-state index contributed by atoms with van der Waals surface area (Å²) >= 11 is 5.85. The first kappa shape index (κ1) is 12.9. The first-order valence-corrected chi connectivity index (χ1v) is 5.73. The molecule has 0 aliphatic carbocycles. The number of nitrogens with two attached hydrogens (primary N) is 1. The molecule has 1 heterocycles. The number of aromatic nitrogens is 2. The molecule has 2 rings (SSSR count). The fourth-order valence-electron chi connectivity index (χ4n) is 1.68. The van der Waals surface area contributed by atoms with E-state index in [2.05, 4.69) is 15.4 Å². The predicted octanol–water partition coefficient (Wildman–Crippen LogP) is 2.02. The topological polar surface area (TPSA) is 63.8 Å². The molecule has 0 radical (unpaired) electrons. The van der Waals surface area contributed by atoms with E-state index >= 15 is 0 Å². The van der Waals surface area contributed by atoms with Gasteiger partial charge in [0.15, 0.2) is 0 Å². The lowest BCUT2D eigenvalue weighted by atomic mass is 10.0. The standard InChI is InChI=1S/C12H12ClFN4/c13-10-1-2-11(14)8(3-10)4-12(18-15)9-5-16-7-17-6-9/h1-3,5-7,12,18H,4,15H2. The van der Waals surface area contributed by atoms with Gasteiger partial charge in [-0.3, -0.25) is 11.3 Å². The van der Waals surface area contributed by atoms with Crippen molar-refractivity contribution >= 4 is 11.6 Å². The largest absolute Gasteiger partial charge is 0.271 e. The number of hydrazine groups is 1. The molecule has 1 aromatic heterocycles. The van der Waals surface area contributed by atoms with Crippen LogP contribution in [0.1, 0.15) is 17.2 Å². The number of nitrogens with zero attached hydrogens (tertiary/aromatic N) is 2. The number of rotatable bonds is 4. The molecule has 1 unspecified atom stereocenters. The fourth-order valence-corrected chi connectivity index (χ4v) is 1.88. The molecular weight excluding hydrogens is 255 g/mol. The summed E-state index contributed by atoms with van der Waals surface area (Å²) in [5.74, 6) is 5.17. The van der Waals surface area contributed by atoms with Crippen molar-refractivity contribution in [1.29, 1.82) is 0 Å². The molecule has 1 atom stereocenters. The SMILES string of the molecule is NNC(Cc1cc(Cl)ccc1F)c1cncnc1. The van der Waals surface area contributed by atoms with E-state index in [1.165, 1.54) is 18.5 Å². The van der Waals surface area contributed by atoms with Gasteiger partial charge in [0.05, 0.1) is 6.04 Å². The van der Waals surface area contributed by atoms with Crippen LogP contribution < -0.4 is 11.3 Å². The van der Waals surface area contributed by atoms with Crippen LogP contribution in [-0.2, 0) is 6.42 Å². The van der Waals surface area contributed by atoms with Gasteiger partial charge in [-0.15, -0.1) is 0 Å². The third kappa shape index (κ3) is 3.01. The Morgan fingerprint density at radius 2 is 2.06 bits per heavy atom. The molecule has 0 amide bonds. The van der Waals surface area contributed by atoms with Crippen molar-refractivity contribution in [3.8, 4) is 0 Å². The average molecular weight is 267 g/mol. The molecule has 1 aromatic carbocycles. The van der Waals surface area contributed by atoms with Crippen molar-refractivity contribution in [1.82, 2.24) is 15.4 Å². The van der Waals surface area contributed by atoms with Gasteiger partial charge in [0, 0.05) is 23.0 Å². The highest BCUT2D eigenvalue weighted by Crippen LogP contribution is 2.21. The maximum atomic E-state index is 13.6. The van der Waals surface area contributed by atoms with Crippen LogP contribution in [0.5, 0.6) is 0 Å². The Morgan fingerprint density at radius 3 is 2.72 bits per heavy atom. The Kier molecular flexibility index (Phi) is 4.19. The van der Waals surface area contributed by atoms with Gasteiger partial charge in [-0.1, -0.05) is 11.6 Å². The zero-order valence-corrected chi connectivity index (χ0v) is 10.2. The lowest BCUT2D eigenvalue weighted by molar-refractivity contribution is 0.526. The lowest BCUT2D eigenvalue weighted by Crippen LogP contribution is -2.30. The smallest absolute Gasteiger partial charge is 0.126 e. The minimum atomic E-state index is -0.309. The van der Waals surface area contributed by atoms with E-state index in [0.717, 1.165) is 5.56 Å². The second-order valence-electron chi connectivity index (χ2n) is 3.83. The summed E-state index contributed by atoms with van der Waals surface area (Å²) in [4.78, 5) is 7.82. The van der Waals surface area contributed by atoms with Gasteiger partial charge < -0.3 is 0 Å². The Morgan fingerprint density at radius 1 is 1.33 bits per heavy atom. The minimum absolute atomic E-state index is 0.265. The lowest BCUT2D eigenvalue weighted by Gasteiger charge is -2.16. The van der Waals surface area contributed by atoms with Crippen LogP contribution in [0.3, 0.4) is 0 Å². The summed E-state index contributed by atoms with van der Waals surface area (Å²) < 4.78 is 13.6. The van der Waals surface area contributed by atoms with E-state index < -0.39 is 0 Å². The van der Waals surface area contributed by atoms with Crippen molar-refractivity contribution in [2.75, 3.05) is 0 Å². The molecule has 0 saturated carbocycles. The summed E-state index contributed by atoms with van der Waals surface area (Å²) in [6, 6.07) is 4.17. The van der Waals surface area contributed by atoms with Crippen LogP contribution in [0.4, 0.5) is 4.39 Å². The number of hydrogen-bond donors (Lipinski definition) is 2. The van der Waals surface area contributed by atoms with Gasteiger partial charge in [0.1, 0.15) is 12.1 Å². The second kappa shape index (κ2) is 5.86. The van der Waals surface area contributed by atoms with Crippen LogP contribution in [0.25, 0.3) is 0 Å². The zero-order valence-electron chi connectivity index (χ0n) is 9.48. The molecule has 0 bridgehead atoms. The molecule has 0 spiro atoms. The highest BCUT2D eigenvalue weighted by atomic mass is 35.5. The van der Waals surface area contributed by atoms with E-state index in [9.17, 15) is 4.39 Å². The summed E-state index contributed by atoms with van der Waals surface area (Å²) in [6.07, 6.45) is 5.08. The molecule has 4 nitrogen and oxygen atoms in total. The number of hydrogen-bond acceptors (Lipinski definition) is 4. The van der Waals surface area contributed by atoms with Gasteiger partial charge in [-0.05, 0) is 30.2 Å². The van der Waals surface area contributed by atoms with Crippen LogP contribution in [-0.4, -0.2) is 9.97 Å². The number of nitrogens with one attached hydrogen (secondary N) is 1. The van der Waals surface area contributed by atoms with E-state index in [-0.39, 0.29) is 11.9 Å². The third-order valence-electron chi connectivity index (χ3n) is 2.62. The molecule has 0 saturated heterocycles. The van der Waals surface area contributed by atoms with Crippen molar-refractivity contribution in [2.24, 2.45) is 5.84 Å². The Balaban J connectivity index is 2.23. The summed E-state index contributed by atoms with van der Waals surface area (Å²) in [5, 5.41) is 0.492. The molecule has 6 heteroatoms. The first-order chi connectivity index (χ1) is 8.70. The van der Waals surface area contributed by atoms with Crippen LogP contribution in [0.15, 0.2) is 36.9 Å². The van der Waals surface area contributed by atoms with Crippen molar-refractivity contribution in [3.05, 3.63) is 58.9 Å². The van der Waals surface area contributed by atoms with Crippen molar-refractivity contribution < 1.29 is 4.39 Å². The van der Waals surface area contributed by atoms with Gasteiger partial charge >= 0.3 is 0 Å². The minimum Gasteiger partial charge on any atom is -0.271 e. The first-order valence-electron chi connectivity index (χ1n) is 5.35. The van der Waals surface area contributed by atoms with E-state index in [1.54, 1.807) is 18.5 Å². The summed E-state index contributed by atoms with van der Waals surface area (Å²) in [7, 11) is 0. The average Bonchev–Trinajstić information content (AvgIpc) is 2.41. The van der Waals surface area contributed by atoms with E-state index in [1.807, 2.05) is 0 Å². The highest BCUT2D eigenvalue weighted by molar-refractivity contribution is 6.30. The van der Waals surface area contributed by atoms with Gasteiger partial charge in [0.25, 0.3) is 0 Å². The van der Waals surface area contributed by atoms with E-state index in [4.69, 9.17) is 17.4 Å². The monoisotopic (exact) mass is 266 g/mol. The molecular formula is C12H12ClFN4. The quantitative estimate of drug-likeness (QED) is 0.656. The van der Waals surface area contributed by atoms with Gasteiger partial charge in [0.2, 0.25) is 0 Å². The van der Waals surface area contributed by atoms with E-state index in [0.29, 0.717) is 17.0 Å². The van der Waals surface area contributed by atoms with Gasteiger partial charge in [-0.25, -0.2) is 14.4 Å². The van der Waals surface area contributed by atoms with Crippen LogP contribution >= 0.6 is 11.6 Å². The highest BCUT2D eigenvalue weighted by Gasteiger charge is 2.14. The van der Waals surface area contributed by atoms with Gasteiger partial charge in [-0.2, -0.15) is 0 Å². The maximum absolute atomic E-state index is 13.6.